The molecule has 1 heterocycles. The van der Waals surface area contributed by atoms with Gasteiger partial charge in [-0.25, -0.2) is 0 Å². The SMILES string of the molecule is Cc1[nH]ncc1C(=O)NCC1(C)CC1. The molecule has 0 aromatic carbocycles. The fourth-order valence-electron chi connectivity index (χ4n) is 1.36. The minimum absolute atomic E-state index is 0.0237. The molecule has 76 valence electrons. The summed E-state index contributed by atoms with van der Waals surface area (Å²) in [6.45, 7) is 4.81. The third-order valence-corrected chi connectivity index (χ3v) is 2.85. The maximum Gasteiger partial charge on any atom is 0.254 e. The Kier molecular flexibility index (Phi) is 2.06. The first-order valence-corrected chi connectivity index (χ1v) is 4.89. The minimum Gasteiger partial charge on any atom is -0.351 e. The maximum atomic E-state index is 11.6. The molecule has 1 saturated carbocycles. The second kappa shape index (κ2) is 3.12. The molecule has 4 heteroatoms. The molecule has 2 rings (SSSR count). The van der Waals surface area contributed by atoms with Gasteiger partial charge in [0.1, 0.15) is 0 Å². The van der Waals surface area contributed by atoms with Gasteiger partial charge in [0.2, 0.25) is 0 Å². The summed E-state index contributed by atoms with van der Waals surface area (Å²) in [6.07, 6.45) is 4.01. The number of H-pyrrole nitrogens is 1. The summed E-state index contributed by atoms with van der Waals surface area (Å²) in [7, 11) is 0. The average Bonchev–Trinajstić information content (AvgIpc) is 2.72. The molecule has 0 spiro atoms. The zero-order valence-electron chi connectivity index (χ0n) is 8.55. The van der Waals surface area contributed by atoms with Crippen LogP contribution < -0.4 is 5.32 Å². The van der Waals surface area contributed by atoms with Crippen LogP contribution >= 0.6 is 0 Å². The topological polar surface area (TPSA) is 57.8 Å². The number of aryl methyl sites for hydroxylation is 1. The van der Waals surface area contributed by atoms with Crippen molar-refractivity contribution in [2.75, 3.05) is 6.54 Å². The molecule has 1 aromatic rings. The van der Waals surface area contributed by atoms with E-state index >= 15 is 0 Å². The van der Waals surface area contributed by atoms with E-state index in [2.05, 4.69) is 22.4 Å². The second-order valence-corrected chi connectivity index (χ2v) is 4.40. The Labute approximate surface area is 83.1 Å². The Hall–Kier alpha value is -1.32. The van der Waals surface area contributed by atoms with Crippen molar-refractivity contribution in [3.05, 3.63) is 17.5 Å². The van der Waals surface area contributed by atoms with Crippen LogP contribution in [-0.2, 0) is 0 Å². The maximum absolute atomic E-state index is 11.6. The van der Waals surface area contributed by atoms with Crippen molar-refractivity contribution in [2.45, 2.75) is 26.7 Å². The molecule has 1 amide bonds. The zero-order valence-corrected chi connectivity index (χ0v) is 8.55. The summed E-state index contributed by atoms with van der Waals surface area (Å²) in [5, 5.41) is 9.50. The predicted octanol–water partition coefficient (Wildman–Crippen LogP) is 1.25. The molecule has 0 radical (unpaired) electrons. The van der Waals surface area contributed by atoms with Gasteiger partial charge in [-0.1, -0.05) is 6.92 Å². The Morgan fingerprint density at radius 2 is 2.43 bits per heavy atom. The van der Waals surface area contributed by atoms with Crippen LogP contribution in [0, 0.1) is 12.3 Å². The molecular weight excluding hydrogens is 178 g/mol. The lowest BCUT2D eigenvalue weighted by Crippen LogP contribution is -2.29. The van der Waals surface area contributed by atoms with E-state index in [0.717, 1.165) is 12.2 Å². The Morgan fingerprint density at radius 1 is 1.71 bits per heavy atom. The van der Waals surface area contributed by atoms with E-state index in [4.69, 9.17) is 0 Å². The number of rotatable bonds is 3. The number of nitrogens with zero attached hydrogens (tertiary/aromatic N) is 1. The van der Waals surface area contributed by atoms with Crippen molar-refractivity contribution >= 4 is 5.91 Å². The zero-order chi connectivity index (χ0) is 10.2. The number of aromatic amines is 1. The fourth-order valence-corrected chi connectivity index (χ4v) is 1.36. The lowest BCUT2D eigenvalue weighted by atomic mass is 10.1. The van der Waals surface area contributed by atoms with Gasteiger partial charge in [-0.3, -0.25) is 9.89 Å². The minimum atomic E-state index is -0.0237. The molecule has 0 saturated heterocycles. The van der Waals surface area contributed by atoms with Crippen molar-refractivity contribution < 1.29 is 4.79 Å². The van der Waals surface area contributed by atoms with E-state index in [1.54, 1.807) is 6.20 Å². The summed E-state index contributed by atoms with van der Waals surface area (Å²) >= 11 is 0. The van der Waals surface area contributed by atoms with Crippen LogP contribution in [0.5, 0.6) is 0 Å². The molecule has 0 aliphatic heterocycles. The van der Waals surface area contributed by atoms with Crippen LogP contribution in [0.1, 0.15) is 35.8 Å². The van der Waals surface area contributed by atoms with E-state index in [0.29, 0.717) is 11.0 Å². The van der Waals surface area contributed by atoms with Crippen LogP contribution in [0.3, 0.4) is 0 Å². The van der Waals surface area contributed by atoms with Crippen molar-refractivity contribution in [3.8, 4) is 0 Å². The standard InChI is InChI=1S/C10H15N3O/c1-7-8(5-12-13-7)9(14)11-6-10(2)3-4-10/h5H,3-4,6H2,1-2H3,(H,11,14)(H,12,13). The van der Waals surface area contributed by atoms with Gasteiger partial charge in [0.15, 0.2) is 0 Å². The molecule has 1 fully saturated rings. The van der Waals surface area contributed by atoms with Crippen LogP contribution in [0.4, 0.5) is 0 Å². The van der Waals surface area contributed by atoms with Crippen molar-refractivity contribution in [1.29, 1.82) is 0 Å². The number of hydrogen-bond acceptors (Lipinski definition) is 2. The summed E-state index contributed by atoms with van der Waals surface area (Å²) in [6, 6.07) is 0. The number of carbonyl (C=O) groups is 1. The van der Waals surface area contributed by atoms with Crippen molar-refractivity contribution in [2.24, 2.45) is 5.41 Å². The summed E-state index contributed by atoms with van der Waals surface area (Å²) in [4.78, 5) is 11.6. The summed E-state index contributed by atoms with van der Waals surface area (Å²) in [5.74, 6) is -0.0237. The first-order chi connectivity index (χ1) is 6.61. The monoisotopic (exact) mass is 193 g/mol. The van der Waals surface area contributed by atoms with E-state index in [1.807, 2.05) is 6.92 Å². The van der Waals surface area contributed by atoms with Crippen molar-refractivity contribution in [3.63, 3.8) is 0 Å². The lowest BCUT2D eigenvalue weighted by molar-refractivity contribution is 0.0945. The van der Waals surface area contributed by atoms with Gasteiger partial charge in [-0.2, -0.15) is 5.10 Å². The number of hydrogen-bond donors (Lipinski definition) is 2. The highest BCUT2D eigenvalue weighted by molar-refractivity contribution is 5.94. The fraction of sp³-hybridized carbons (Fsp3) is 0.600. The van der Waals surface area contributed by atoms with Gasteiger partial charge < -0.3 is 5.32 Å². The Bertz CT molecular complexity index is 352. The van der Waals surface area contributed by atoms with E-state index in [9.17, 15) is 4.79 Å². The third kappa shape index (κ3) is 1.78. The molecule has 1 aromatic heterocycles. The highest BCUT2D eigenvalue weighted by Gasteiger charge is 2.37. The molecule has 1 aliphatic rings. The van der Waals surface area contributed by atoms with Crippen LogP contribution in [0.15, 0.2) is 6.20 Å². The number of amides is 1. The molecule has 2 N–H and O–H groups in total. The number of carbonyl (C=O) groups excluding carboxylic acids is 1. The second-order valence-electron chi connectivity index (χ2n) is 4.40. The summed E-state index contributed by atoms with van der Waals surface area (Å²) < 4.78 is 0. The van der Waals surface area contributed by atoms with Gasteiger partial charge in [-0.15, -0.1) is 0 Å². The largest absolute Gasteiger partial charge is 0.351 e. The quantitative estimate of drug-likeness (QED) is 0.759. The highest BCUT2D eigenvalue weighted by Crippen LogP contribution is 2.44. The normalized spacial score (nSPS) is 17.9. The smallest absolute Gasteiger partial charge is 0.254 e. The third-order valence-electron chi connectivity index (χ3n) is 2.85. The lowest BCUT2D eigenvalue weighted by Gasteiger charge is -2.09. The van der Waals surface area contributed by atoms with Crippen LogP contribution in [0.2, 0.25) is 0 Å². The Balaban J connectivity index is 1.93. The molecular formula is C10H15N3O. The molecule has 14 heavy (non-hydrogen) atoms. The van der Waals surface area contributed by atoms with Crippen LogP contribution in [0.25, 0.3) is 0 Å². The Morgan fingerprint density at radius 3 is 2.93 bits per heavy atom. The molecule has 4 nitrogen and oxygen atoms in total. The van der Waals surface area contributed by atoms with Gasteiger partial charge >= 0.3 is 0 Å². The van der Waals surface area contributed by atoms with E-state index < -0.39 is 0 Å². The molecule has 1 aliphatic carbocycles. The molecule has 0 unspecified atom stereocenters. The first kappa shape index (κ1) is 9.24. The van der Waals surface area contributed by atoms with Gasteiger partial charge in [-0.05, 0) is 25.2 Å². The van der Waals surface area contributed by atoms with Gasteiger partial charge in [0.05, 0.1) is 11.8 Å². The molecule has 0 bridgehead atoms. The van der Waals surface area contributed by atoms with Gasteiger partial charge in [0, 0.05) is 12.2 Å². The first-order valence-electron chi connectivity index (χ1n) is 4.89. The van der Waals surface area contributed by atoms with Gasteiger partial charge in [0.25, 0.3) is 5.91 Å². The van der Waals surface area contributed by atoms with E-state index in [1.165, 1.54) is 12.8 Å². The number of aromatic nitrogens is 2. The number of nitrogens with one attached hydrogen (secondary N) is 2. The van der Waals surface area contributed by atoms with Crippen LogP contribution in [-0.4, -0.2) is 22.6 Å². The predicted molar refractivity (Wildman–Crippen MR) is 53.0 cm³/mol. The molecule has 0 atom stereocenters. The highest BCUT2D eigenvalue weighted by atomic mass is 16.1. The van der Waals surface area contributed by atoms with Crippen molar-refractivity contribution in [1.82, 2.24) is 15.5 Å². The van der Waals surface area contributed by atoms with E-state index in [-0.39, 0.29) is 5.91 Å². The average molecular weight is 193 g/mol. The summed E-state index contributed by atoms with van der Waals surface area (Å²) in [5.41, 5.74) is 1.82.